The summed E-state index contributed by atoms with van der Waals surface area (Å²) in [6.45, 7) is 17.1. The van der Waals surface area contributed by atoms with Gasteiger partial charge >= 0.3 is 0 Å². The number of phenols is 2. The van der Waals surface area contributed by atoms with E-state index >= 15 is 0 Å². The summed E-state index contributed by atoms with van der Waals surface area (Å²) in [4.78, 5) is 10.2. The number of nitrogens with zero attached hydrogens (tertiary/aromatic N) is 2. The first-order valence-corrected chi connectivity index (χ1v) is 19.2. The molecule has 0 bridgehead atoms. The number of rotatable bonds is 8. The molecule has 0 unspecified atom stereocenters. The molecule has 2 saturated carbocycles. The van der Waals surface area contributed by atoms with Crippen LogP contribution < -0.4 is 0 Å². The van der Waals surface area contributed by atoms with Crippen LogP contribution in [0, 0.1) is 13.8 Å². The summed E-state index contributed by atoms with van der Waals surface area (Å²) < 4.78 is 0. The highest BCUT2D eigenvalue weighted by Gasteiger charge is 2.25. The van der Waals surface area contributed by atoms with Crippen LogP contribution >= 0.6 is 0 Å². The summed E-state index contributed by atoms with van der Waals surface area (Å²) in [5.74, 6) is 1.65. The molecule has 6 rings (SSSR count). The molecule has 0 aliphatic heterocycles. The summed E-state index contributed by atoms with van der Waals surface area (Å²) >= 11 is 0. The normalized spacial score (nSPS) is 16.3. The number of phenolic OH excluding ortho intramolecular Hbond substituents is 2. The van der Waals surface area contributed by atoms with E-state index < -0.39 is 0 Å². The summed E-state index contributed by atoms with van der Waals surface area (Å²) in [5, 5.41) is 22.3. The molecule has 4 aromatic rings. The van der Waals surface area contributed by atoms with Gasteiger partial charge in [0.15, 0.2) is 0 Å². The Labute approximate surface area is 306 Å². The van der Waals surface area contributed by atoms with E-state index in [1.807, 2.05) is 48.8 Å². The zero-order valence-corrected chi connectivity index (χ0v) is 32.2. The van der Waals surface area contributed by atoms with Crippen LogP contribution in [0.15, 0.2) is 70.6 Å². The molecular weight excluding hydrogens is 625 g/mol. The third kappa shape index (κ3) is 8.16. The van der Waals surface area contributed by atoms with Gasteiger partial charge in [-0.3, -0.25) is 9.98 Å². The van der Waals surface area contributed by atoms with Crippen LogP contribution in [0.25, 0.3) is 0 Å². The van der Waals surface area contributed by atoms with Crippen LogP contribution in [0.3, 0.4) is 0 Å². The minimum Gasteiger partial charge on any atom is -0.507 e. The first-order chi connectivity index (χ1) is 24.2. The van der Waals surface area contributed by atoms with Crippen molar-refractivity contribution in [1.82, 2.24) is 0 Å². The highest BCUT2D eigenvalue weighted by Crippen LogP contribution is 2.44. The lowest BCUT2D eigenvalue weighted by molar-refractivity contribution is 0.445. The molecule has 4 heteroatoms. The van der Waals surface area contributed by atoms with Crippen LogP contribution in [0.2, 0.25) is 0 Å². The highest BCUT2D eigenvalue weighted by atomic mass is 16.3. The van der Waals surface area contributed by atoms with E-state index in [2.05, 4.69) is 79.7 Å². The largest absolute Gasteiger partial charge is 0.507 e. The minimum absolute atomic E-state index is 0.151. The Kier molecular flexibility index (Phi) is 10.6. The quantitative estimate of drug-likeness (QED) is 0.182. The standard InChI is InChI=1S/C47H58N2O2/c1-30-23-32(26-38(34-15-9-10-16-34)42(30)48-28-36-19-13-21-40(44(36)50)46(3,4)5)25-33-24-31(2)43(39(27-33)35-17-11-12-18-35)49-29-37-20-14-22-41(45(37)51)47(6,7)8/h13-14,19-24,26-29,34-35,50-51H,9-12,15-18,25H2,1-8H3. The van der Waals surface area contributed by atoms with E-state index in [9.17, 15) is 10.2 Å². The fourth-order valence-electron chi connectivity index (χ4n) is 8.47. The van der Waals surface area contributed by atoms with Crippen LogP contribution in [0.4, 0.5) is 11.4 Å². The molecule has 4 nitrogen and oxygen atoms in total. The van der Waals surface area contributed by atoms with Crippen molar-refractivity contribution in [3.8, 4) is 11.5 Å². The molecule has 2 fully saturated rings. The Hall–Kier alpha value is -4.18. The third-order valence-corrected chi connectivity index (χ3v) is 11.2. The van der Waals surface area contributed by atoms with Gasteiger partial charge in [0, 0.05) is 23.6 Å². The third-order valence-electron chi connectivity index (χ3n) is 11.2. The monoisotopic (exact) mass is 682 g/mol. The first kappa shape index (κ1) is 36.6. The average Bonchev–Trinajstić information content (AvgIpc) is 3.79. The van der Waals surface area contributed by atoms with Crippen molar-refractivity contribution in [3.05, 3.63) is 116 Å². The first-order valence-electron chi connectivity index (χ1n) is 19.2. The van der Waals surface area contributed by atoms with E-state index in [1.54, 1.807) is 0 Å². The fourth-order valence-corrected chi connectivity index (χ4v) is 8.47. The molecule has 0 saturated heterocycles. The molecule has 0 atom stereocenters. The molecule has 2 aliphatic rings. The van der Waals surface area contributed by atoms with Crippen molar-refractivity contribution < 1.29 is 10.2 Å². The maximum atomic E-state index is 11.1. The van der Waals surface area contributed by atoms with Gasteiger partial charge < -0.3 is 10.2 Å². The Morgan fingerprint density at radius 3 is 1.31 bits per heavy atom. The topological polar surface area (TPSA) is 65.2 Å². The number of aromatic hydroxyl groups is 2. The Morgan fingerprint density at radius 2 is 0.961 bits per heavy atom. The SMILES string of the molecule is Cc1cc(Cc2cc(C)c(N=Cc3cccc(C(C)(C)C)c3O)c(C3CCCC3)c2)cc(C2CCCC2)c1N=Cc1cccc(C(C)(C)C)c1O. The second-order valence-corrected chi connectivity index (χ2v) is 17.3. The molecule has 0 spiro atoms. The number of benzene rings is 4. The van der Waals surface area contributed by atoms with Crippen molar-refractivity contribution in [1.29, 1.82) is 0 Å². The number of para-hydroxylation sites is 2. The zero-order valence-electron chi connectivity index (χ0n) is 32.2. The summed E-state index contributed by atoms with van der Waals surface area (Å²) in [5.41, 5.74) is 12.9. The smallest absolute Gasteiger partial charge is 0.128 e. The van der Waals surface area contributed by atoms with Crippen LogP contribution in [-0.4, -0.2) is 22.6 Å². The Morgan fingerprint density at radius 1 is 0.588 bits per heavy atom. The van der Waals surface area contributed by atoms with Crippen LogP contribution in [-0.2, 0) is 17.3 Å². The number of aryl methyl sites for hydroxylation is 2. The van der Waals surface area contributed by atoms with Gasteiger partial charge in [0.2, 0.25) is 0 Å². The van der Waals surface area contributed by atoms with Gasteiger partial charge in [0.25, 0.3) is 0 Å². The van der Waals surface area contributed by atoms with Gasteiger partial charge in [0.1, 0.15) is 11.5 Å². The van der Waals surface area contributed by atoms with Gasteiger partial charge in [0.05, 0.1) is 11.4 Å². The molecule has 2 N–H and O–H groups in total. The molecule has 268 valence electrons. The Bertz CT molecular complexity index is 1800. The summed E-state index contributed by atoms with van der Waals surface area (Å²) in [6, 6.07) is 21.4. The maximum Gasteiger partial charge on any atom is 0.128 e. The minimum atomic E-state index is -0.151. The van der Waals surface area contributed by atoms with Gasteiger partial charge in [-0.15, -0.1) is 0 Å². The highest BCUT2D eigenvalue weighted by molar-refractivity contribution is 5.88. The maximum absolute atomic E-state index is 11.1. The van der Waals surface area contributed by atoms with Crippen molar-refractivity contribution in [3.63, 3.8) is 0 Å². The molecule has 0 heterocycles. The van der Waals surface area contributed by atoms with E-state index in [0.29, 0.717) is 23.3 Å². The Balaban J connectivity index is 1.35. The van der Waals surface area contributed by atoms with Gasteiger partial charge in [-0.1, -0.05) is 116 Å². The lowest BCUT2D eigenvalue weighted by Crippen LogP contribution is -2.11. The molecular formula is C47H58N2O2. The summed E-state index contributed by atoms with van der Waals surface area (Å²) in [7, 11) is 0. The lowest BCUT2D eigenvalue weighted by atomic mass is 9.85. The van der Waals surface area contributed by atoms with Gasteiger partial charge in [-0.2, -0.15) is 0 Å². The van der Waals surface area contributed by atoms with Crippen LogP contribution in [0.5, 0.6) is 11.5 Å². The number of aliphatic imine (C=N–C) groups is 2. The van der Waals surface area contributed by atoms with Crippen LogP contribution in [0.1, 0.15) is 160 Å². The van der Waals surface area contributed by atoms with E-state index in [4.69, 9.17) is 9.98 Å². The molecule has 4 aromatic carbocycles. The fraction of sp³-hybridized carbons (Fsp3) is 0.447. The molecule has 0 amide bonds. The molecule has 0 radical (unpaired) electrons. The number of hydrogen-bond donors (Lipinski definition) is 2. The number of hydrogen-bond acceptors (Lipinski definition) is 4. The van der Waals surface area contributed by atoms with Crippen molar-refractivity contribution in [2.45, 2.75) is 136 Å². The predicted octanol–water partition coefficient (Wildman–Crippen LogP) is 12.7. The second-order valence-electron chi connectivity index (χ2n) is 17.3. The predicted molar refractivity (Wildman–Crippen MR) is 216 cm³/mol. The van der Waals surface area contributed by atoms with Gasteiger partial charge in [-0.25, -0.2) is 0 Å². The van der Waals surface area contributed by atoms with Gasteiger partial charge in [-0.05, 0) is 125 Å². The van der Waals surface area contributed by atoms with E-state index in [0.717, 1.165) is 40.0 Å². The average molecular weight is 683 g/mol. The molecule has 2 aliphatic carbocycles. The molecule has 0 aromatic heterocycles. The molecule has 51 heavy (non-hydrogen) atoms. The van der Waals surface area contributed by atoms with E-state index in [-0.39, 0.29) is 10.8 Å². The summed E-state index contributed by atoms with van der Waals surface area (Å²) in [6.07, 6.45) is 14.4. The van der Waals surface area contributed by atoms with Crippen molar-refractivity contribution in [2.75, 3.05) is 0 Å². The van der Waals surface area contributed by atoms with Crippen molar-refractivity contribution in [2.24, 2.45) is 9.98 Å². The lowest BCUT2D eigenvalue weighted by Gasteiger charge is -2.21. The zero-order chi connectivity index (χ0) is 36.5. The van der Waals surface area contributed by atoms with Crippen molar-refractivity contribution >= 4 is 23.8 Å². The second kappa shape index (κ2) is 14.8. The van der Waals surface area contributed by atoms with E-state index in [1.165, 1.54) is 84.7 Å².